The number of hydrogen-bond acceptors (Lipinski definition) is 3. The molecular formula is C19H29N3O2. The van der Waals surface area contributed by atoms with Crippen LogP contribution in [0.3, 0.4) is 0 Å². The maximum Gasteiger partial charge on any atom is 0.227 e. The van der Waals surface area contributed by atoms with E-state index in [1.807, 2.05) is 31.1 Å². The summed E-state index contributed by atoms with van der Waals surface area (Å²) in [4.78, 5) is 28.2. The predicted octanol–water partition coefficient (Wildman–Crippen LogP) is 2.06. The second-order valence-electron chi connectivity index (χ2n) is 6.77. The van der Waals surface area contributed by atoms with E-state index in [1.54, 1.807) is 4.90 Å². The molecule has 1 aliphatic rings. The highest BCUT2D eigenvalue weighted by molar-refractivity contribution is 6.00. The average molecular weight is 331 g/mol. The zero-order chi connectivity index (χ0) is 17.5. The van der Waals surface area contributed by atoms with Crippen LogP contribution in [0.2, 0.25) is 0 Å². The number of carbonyl (C=O) groups is 2. The molecular weight excluding hydrogens is 302 g/mol. The molecule has 0 aromatic heterocycles. The Morgan fingerprint density at radius 1 is 1.29 bits per heavy atom. The molecule has 1 aliphatic heterocycles. The van der Waals surface area contributed by atoms with Crippen molar-refractivity contribution in [3.8, 4) is 0 Å². The molecule has 1 N–H and O–H groups in total. The number of amides is 2. The number of likely N-dealkylation sites (N-methyl/N-ethyl adjacent to an activating group) is 1. The minimum atomic E-state index is -0.251. The molecule has 0 spiro atoms. The third kappa shape index (κ3) is 5.06. The number of benzene rings is 1. The molecule has 5 heteroatoms. The monoisotopic (exact) mass is 331 g/mol. The van der Waals surface area contributed by atoms with Gasteiger partial charge >= 0.3 is 0 Å². The molecule has 132 valence electrons. The summed E-state index contributed by atoms with van der Waals surface area (Å²) in [5.74, 6) is -0.240. The molecule has 1 unspecified atom stereocenters. The summed E-state index contributed by atoms with van der Waals surface area (Å²) in [6.07, 6.45) is 3.72. The second-order valence-corrected chi connectivity index (χ2v) is 6.77. The van der Waals surface area contributed by atoms with Crippen molar-refractivity contribution in [1.82, 2.24) is 10.2 Å². The zero-order valence-corrected chi connectivity index (χ0v) is 15.0. The van der Waals surface area contributed by atoms with E-state index in [0.717, 1.165) is 18.7 Å². The summed E-state index contributed by atoms with van der Waals surface area (Å²) >= 11 is 0. The highest BCUT2D eigenvalue weighted by Crippen LogP contribution is 2.25. The lowest BCUT2D eigenvalue weighted by Gasteiger charge is -2.17. The van der Waals surface area contributed by atoms with E-state index in [9.17, 15) is 9.59 Å². The average Bonchev–Trinajstić information content (AvgIpc) is 2.95. The minimum Gasteiger partial charge on any atom is -0.355 e. The Morgan fingerprint density at radius 2 is 2.00 bits per heavy atom. The molecule has 1 atom stereocenters. The van der Waals surface area contributed by atoms with Crippen LogP contribution < -0.4 is 10.2 Å². The van der Waals surface area contributed by atoms with Gasteiger partial charge in [-0.3, -0.25) is 9.59 Å². The fraction of sp³-hybridized carbons (Fsp3) is 0.579. The van der Waals surface area contributed by atoms with Gasteiger partial charge in [0.25, 0.3) is 0 Å². The number of hydrogen-bond donors (Lipinski definition) is 1. The summed E-state index contributed by atoms with van der Waals surface area (Å²) in [7, 11) is 3.94. The van der Waals surface area contributed by atoms with Gasteiger partial charge in [0.15, 0.2) is 0 Å². The van der Waals surface area contributed by atoms with Crippen LogP contribution in [0.4, 0.5) is 5.69 Å². The zero-order valence-electron chi connectivity index (χ0n) is 15.0. The number of carbonyl (C=O) groups excluding carboxylic acids is 2. The number of rotatable bonds is 8. The summed E-state index contributed by atoms with van der Waals surface area (Å²) < 4.78 is 0. The van der Waals surface area contributed by atoms with Crippen LogP contribution in [0.15, 0.2) is 24.3 Å². The van der Waals surface area contributed by atoms with Crippen LogP contribution in [-0.4, -0.2) is 50.4 Å². The number of unbranched alkanes of at least 4 members (excludes halogenated alkanes) is 1. The second kappa shape index (κ2) is 8.83. The summed E-state index contributed by atoms with van der Waals surface area (Å²) in [6, 6.07) is 8.16. The Balaban J connectivity index is 1.90. The number of aryl methyl sites for hydroxylation is 1. The molecule has 0 saturated carbocycles. The Hall–Kier alpha value is -1.88. The molecule has 0 aliphatic carbocycles. The molecule has 1 heterocycles. The molecule has 1 saturated heterocycles. The molecule has 24 heavy (non-hydrogen) atoms. The van der Waals surface area contributed by atoms with Gasteiger partial charge in [-0.1, -0.05) is 25.5 Å². The van der Waals surface area contributed by atoms with E-state index in [-0.39, 0.29) is 17.7 Å². The van der Waals surface area contributed by atoms with Gasteiger partial charge in [-0.2, -0.15) is 0 Å². The quantitative estimate of drug-likeness (QED) is 0.793. The van der Waals surface area contributed by atoms with Crippen molar-refractivity contribution in [2.75, 3.05) is 38.6 Å². The lowest BCUT2D eigenvalue weighted by atomic mass is 10.1. The first-order chi connectivity index (χ1) is 11.5. The van der Waals surface area contributed by atoms with Gasteiger partial charge in [0.2, 0.25) is 11.8 Å². The fourth-order valence-electron chi connectivity index (χ4n) is 2.90. The molecule has 0 bridgehead atoms. The van der Waals surface area contributed by atoms with Crippen LogP contribution in [0.1, 0.15) is 31.7 Å². The van der Waals surface area contributed by atoms with Crippen molar-refractivity contribution in [2.24, 2.45) is 5.92 Å². The minimum absolute atomic E-state index is 0.0211. The van der Waals surface area contributed by atoms with Crippen LogP contribution in [0.5, 0.6) is 0 Å². The maximum atomic E-state index is 12.3. The Kier molecular flexibility index (Phi) is 6.79. The van der Waals surface area contributed by atoms with E-state index in [1.165, 1.54) is 18.4 Å². The Bertz CT molecular complexity index is 554. The highest BCUT2D eigenvalue weighted by atomic mass is 16.2. The van der Waals surface area contributed by atoms with Crippen molar-refractivity contribution in [2.45, 2.75) is 32.6 Å². The van der Waals surface area contributed by atoms with E-state index in [4.69, 9.17) is 0 Å². The fourth-order valence-corrected chi connectivity index (χ4v) is 2.90. The standard InChI is InChI=1S/C19H29N3O2/c1-4-5-6-15-7-9-17(10-8-15)22-14-16(13-18(22)23)19(24)20-11-12-21(2)3/h7-10,16H,4-6,11-14H2,1-3H3,(H,20,24). The Labute approximate surface area is 145 Å². The van der Waals surface area contributed by atoms with Gasteiger partial charge in [0.05, 0.1) is 5.92 Å². The number of nitrogens with one attached hydrogen (secondary N) is 1. The van der Waals surface area contributed by atoms with Crippen molar-refractivity contribution in [3.05, 3.63) is 29.8 Å². The lowest BCUT2D eigenvalue weighted by Crippen LogP contribution is -2.36. The molecule has 2 rings (SSSR count). The van der Waals surface area contributed by atoms with Crippen molar-refractivity contribution in [1.29, 1.82) is 0 Å². The summed E-state index contributed by atoms with van der Waals surface area (Å²) in [6.45, 7) is 4.07. The smallest absolute Gasteiger partial charge is 0.227 e. The van der Waals surface area contributed by atoms with Gasteiger partial charge in [0.1, 0.15) is 0 Å². The molecule has 1 aromatic carbocycles. The van der Waals surface area contributed by atoms with Crippen LogP contribution in [0.25, 0.3) is 0 Å². The first-order valence-electron chi connectivity index (χ1n) is 8.83. The molecule has 0 radical (unpaired) electrons. The van der Waals surface area contributed by atoms with Crippen LogP contribution in [-0.2, 0) is 16.0 Å². The highest BCUT2D eigenvalue weighted by Gasteiger charge is 2.34. The maximum absolute atomic E-state index is 12.3. The van der Waals surface area contributed by atoms with Crippen LogP contribution >= 0.6 is 0 Å². The van der Waals surface area contributed by atoms with E-state index in [2.05, 4.69) is 24.4 Å². The third-order valence-corrected chi connectivity index (χ3v) is 4.42. The Morgan fingerprint density at radius 3 is 2.62 bits per heavy atom. The van der Waals surface area contributed by atoms with E-state index in [0.29, 0.717) is 19.5 Å². The van der Waals surface area contributed by atoms with Gasteiger partial charge in [0, 0.05) is 31.7 Å². The van der Waals surface area contributed by atoms with Gasteiger partial charge < -0.3 is 15.1 Å². The lowest BCUT2D eigenvalue weighted by molar-refractivity contribution is -0.126. The van der Waals surface area contributed by atoms with Crippen molar-refractivity contribution < 1.29 is 9.59 Å². The van der Waals surface area contributed by atoms with Crippen LogP contribution in [0, 0.1) is 5.92 Å². The van der Waals surface area contributed by atoms with Gasteiger partial charge in [-0.25, -0.2) is 0 Å². The molecule has 1 aromatic rings. The molecule has 2 amide bonds. The number of anilines is 1. The first-order valence-corrected chi connectivity index (χ1v) is 8.83. The van der Waals surface area contributed by atoms with E-state index >= 15 is 0 Å². The number of nitrogens with zero attached hydrogens (tertiary/aromatic N) is 2. The first kappa shape index (κ1) is 18.5. The van der Waals surface area contributed by atoms with Crippen molar-refractivity contribution >= 4 is 17.5 Å². The largest absolute Gasteiger partial charge is 0.355 e. The van der Waals surface area contributed by atoms with Gasteiger partial charge in [-0.05, 0) is 44.6 Å². The third-order valence-electron chi connectivity index (χ3n) is 4.42. The summed E-state index contributed by atoms with van der Waals surface area (Å²) in [5, 5.41) is 2.92. The summed E-state index contributed by atoms with van der Waals surface area (Å²) in [5.41, 5.74) is 2.19. The normalized spacial score (nSPS) is 17.6. The molecule has 5 nitrogen and oxygen atoms in total. The molecule has 1 fully saturated rings. The van der Waals surface area contributed by atoms with Crippen molar-refractivity contribution in [3.63, 3.8) is 0 Å². The predicted molar refractivity (Wildman–Crippen MR) is 97.1 cm³/mol. The van der Waals surface area contributed by atoms with Gasteiger partial charge in [-0.15, -0.1) is 0 Å². The van der Waals surface area contributed by atoms with E-state index < -0.39 is 0 Å². The SMILES string of the molecule is CCCCc1ccc(N2CC(C(=O)NCCN(C)C)CC2=O)cc1. The topological polar surface area (TPSA) is 52.7 Å².